The molecule has 0 aliphatic rings. The molecule has 0 unspecified atom stereocenters. The number of nitrogens with one attached hydrogen (secondary N) is 1. The lowest BCUT2D eigenvalue weighted by Gasteiger charge is -2.05. The summed E-state index contributed by atoms with van der Waals surface area (Å²) in [6.07, 6.45) is 6.76. The molecular formula is C15H21N3O2. The van der Waals surface area contributed by atoms with Crippen molar-refractivity contribution in [2.24, 2.45) is 0 Å². The third-order valence-corrected chi connectivity index (χ3v) is 2.06. The van der Waals surface area contributed by atoms with Crippen LogP contribution in [-0.2, 0) is 0 Å². The van der Waals surface area contributed by atoms with Crippen LogP contribution in [0.4, 0.5) is 11.5 Å². The molecule has 0 aromatic carbocycles. The highest BCUT2D eigenvalue weighted by Crippen LogP contribution is 2.21. The third kappa shape index (κ3) is 5.95. The Bertz CT molecular complexity index is 516. The number of hydrogen-bond acceptors (Lipinski definition) is 4. The first-order valence-electron chi connectivity index (χ1n) is 6.38. The lowest BCUT2D eigenvalue weighted by molar-refractivity contribution is -0.384. The molecule has 5 nitrogen and oxygen atoms in total. The minimum atomic E-state index is -0.475. The van der Waals surface area contributed by atoms with Gasteiger partial charge in [0.25, 0.3) is 0 Å². The number of pyridine rings is 1. The molecule has 0 spiro atoms. The van der Waals surface area contributed by atoms with Crippen LogP contribution in [0, 0.1) is 10.1 Å². The van der Waals surface area contributed by atoms with Crippen LogP contribution in [0.5, 0.6) is 0 Å². The highest BCUT2D eigenvalue weighted by atomic mass is 16.6. The Kier molecular flexibility index (Phi) is 8.34. The van der Waals surface area contributed by atoms with Gasteiger partial charge in [0.2, 0.25) is 5.82 Å². The van der Waals surface area contributed by atoms with Crippen LogP contribution >= 0.6 is 0 Å². The fourth-order valence-electron chi connectivity index (χ4n) is 1.19. The number of aromatic nitrogens is 1. The van der Waals surface area contributed by atoms with Crippen LogP contribution in [0.3, 0.4) is 0 Å². The van der Waals surface area contributed by atoms with Crippen molar-refractivity contribution in [1.82, 2.24) is 4.98 Å². The van der Waals surface area contributed by atoms with E-state index in [0.29, 0.717) is 5.70 Å². The van der Waals surface area contributed by atoms with Crippen LogP contribution in [0.25, 0.3) is 0 Å². The second-order valence-electron chi connectivity index (χ2n) is 3.82. The fraction of sp³-hybridized carbons (Fsp3) is 0.267. The molecule has 0 fully saturated rings. The van der Waals surface area contributed by atoms with Gasteiger partial charge in [0.15, 0.2) is 0 Å². The maximum atomic E-state index is 10.8. The van der Waals surface area contributed by atoms with E-state index >= 15 is 0 Å². The molecular weight excluding hydrogens is 254 g/mol. The minimum Gasteiger partial charge on any atom is -0.334 e. The number of nitrogens with zero attached hydrogens (tertiary/aromatic N) is 2. The highest BCUT2D eigenvalue weighted by molar-refractivity contribution is 5.59. The van der Waals surface area contributed by atoms with Crippen molar-refractivity contribution in [2.75, 3.05) is 5.32 Å². The van der Waals surface area contributed by atoms with E-state index in [1.807, 2.05) is 33.8 Å². The van der Waals surface area contributed by atoms with Gasteiger partial charge in [-0.05, 0) is 32.1 Å². The molecule has 20 heavy (non-hydrogen) atoms. The van der Waals surface area contributed by atoms with Crippen molar-refractivity contribution in [3.05, 3.63) is 64.5 Å². The van der Waals surface area contributed by atoms with Crippen molar-refractivity contribution in [2.45, 2.75) is 27.7 Å². The van der Waals surface area contributed by atoms with Gasteiger partial charge in [0, 0.05) is 18.0 Å². The molecule has 1 heterocycles. The zero-order chi connectivity index (χ0) is 15.5. The van der Waals surface area contributed by atoms with E-state index in [4.69, 9.17) is 0 Å². The Hall–Kier alpha value is -2.43. The first-order valence-corrected chi connectivity index (χ1v) is 6.38. The summed E-state index contributed by atoms with van der Waals surface area (Å²) in [7, 11) is 0. The molecule has 0 saturated carbocycles. The van der Waals surface area contributed by atoms with Crippen molar-refractivity contribution >= 4 is 11.5 Å². The van der Waals surface area contributed by atoms with Gasteiger partial charge in [0.05, 0.1) is 4.92 Å². The smallest absolute Gasteiger partial charge is 0.311 e. The van der Waals surface area contributed by atoms with E-state index in [-0.39, 0.29) is 11.5 Å². The zero-order valence-electron chi connectivity index (χ0n) is 12.4. The van der Waals surface area contributed by atoms with Gasteiger partial charge in [-0.25, -0.2) is 4.98 Å². The summed E-state index contributed by atoms with van der Waals surface area (Å²) >= 11 is 0. The SMILES string of the molecule is C=C/C(=C\C=C(C)C)Nc1ncccc1[N+](=O)[O-].CC. The number of nitro groups is 1. The Morgan fingerprint density at radius 1 is 1.40 bits per heavy atom. The number of anilines is 1. The normalized spacial score (nSPS) is 9.90. The van der Waals surface area contributed by atoms with Crippen LogP contribution in [0.2, 0.25) is 0 Å². The molecule has 1 aromatic rings. The predicted octanol–water partition coefficient (Wildman–Crippen LogP) is 4.46. The number of allylic oxidation sites excluding steroid dienone is 4. The van der Waals surface area contributed by atoms with Gasteiger partial charge in [0.1, 0.15) is 0 Å². The van der Waals surface area contributed by atoms with Crippen LogP contribution < -0.4 is 5.32 Å². The summed E-state index contributed by atoms with van der Waals surface area (Å²) in [5.41, 5.74) is 1.70. The molecule has 0 radical (unpaired) electrons. The fourth-order valence-corrected chi connectivity index (χ4v) is 1.19. The number of rotatable bonds is 5. The van der Waals surface area contributed by atoms with Gasteiger partial charge in [-0.3, -0.25) is 10.1 Å². The quantitative estimate of drug-likeness (QED) is 0.489. The lowest BCUT2D eigenvalue weighted by atomic mass is 10.2. The summed E-state index contributed by atoms with van der Waals surface area (Å²) in [5, 5.41) is 13.7. The van der Waals surface area contributed by atoms with Gasteiger partial charge < -0.3 is 5.32 Å². The van der Waals surface area contributed by atoms with Crippen LogP contribution in [0.15, 0.2) is 54.4 Å². The number of hydrogen-bond donors (Lipinski definition) is 1. The molecule has 0 bridgehead atoms. The van der Waals surface area contributed by atoms with E-state index in [2.05, 4.69) is 16.9 Å². The molecule has 0 aliphatic carbocycles. The first kappa shape index (κ1) is 17.6. The Morgan fingerprint density at radius 3 is 2.55 bits per heavy atom. The molecule has 0 saturated heterocycles. The van der Waals surface area contributed by atoms with Gasteiger partial charge >= 0.3 is 5.69 Å². The van der Waals surface area contributed by atoms with E-state index in [9.17, 15) is 10.1 Å². The van der Waals surface area contributed by atoms with Crippen molar-refractivity contribution < 1.29 is 4.92 Å². The first-order chi connectivity index (χ1) is 9.54. The van der Waals surface area contributed by atoms with E-state index in [1.165, 1.54) is 18.3 Å². The summed E-state index contributed by atoms with van der Waals surface area (Å²) in [5.74, 6) is 0.204. The molecule has 1 rings (SSSR count). The summed E-state index contributed by atoms with van der Waals surface area (Å²) in [6, 6.07) is 2.92. The molecule has 0 amide bonds. The third-order valence-electron chi connectivity index (χ3n) is 2.06. The summed E-state index contributed by atoms with van der Waals surface area (Å²) in [6.45, 7) is 11.6. The maximum absolute atomic E-state index is 10.8. The highest BCUT2D eigenvalue weighted by Gasteiger charge is 2.13. The van der Waals surface area contributed by atoms with Crippen LogP contribution in [0.1, 0.15) is 27.7 Å². The summed E-state index contributed by atoms with van der Waals surface area (Å²) in [4.78, 5) is 14.3. The molecule has 1 aromatic heterocycles. The van der Waals surface area contributed by atoms with Crippen LogP contribution in [-0.4, -0.2) is 9.91 Å². The lowest BCUT2D eigenvalue weighted by Crippen LogP contribution is -2.02. The summed E-state index contributed by atoms with van der Waals surface area (Å²) < 4.78 is 0. The minimum absolute atomic E-state index is 0.0672. The van der Waals surface area contributed by atoms with Crippen molar-refractivity contribution in [3.8, 4) is 0 Å². The standard InChI is InChI=1S/C13H15N3O2.C2H6/c1-4-11(8-7-10(2)3)15-13-12(16(17)18)6-5-9-14-13;1-2/h4-9H,1H2,2-3H3,(H,14,15);1-2H3/b11-8+;. The van der Waals surface area contributed by atoms with E-state index in [1.54, 1.807) is 12.2 Å². The van der Waals surface area contributed by atoms with Gasteiger partial charge in [-0.15, -0.1) is 0 Å². The van der Waals surface area contributed by atoms with Gasteiger partial charge in [-0.1, -0.05) is 32.1 Å². The Labute approximate surface area is 119 Å². The second-order valence-corrected chi connectivity index (χ2v) is 3.82. The predicted molar refractivity (Wildman–Crippen MR) is 83.6 cm³/mol. The molecule has 108 valence electrons. The molecule has 5 heteroatoms. The maximum Gasteiger partial charge on any atom is 0.311 e. The van der Waals surface area contributed by atoms with Crippen molar-refractivity contribution in [1.29, 1.82) is 0 Å². The second kappa shape index (κ2) is 9.49. The largest absolute Gasteiger partial charge is 0.334 e. The Balaban J connectivity index is 0.00000172. The topological polar surface area (TPSA) is 68.1 Å². The van der Waals surface area contributed by atoms with E-state index in [0.717, 1.165) is 5.57 Å². The molecule has 0 aliphatic heterocycles. The molecule has 1 N–H and O–H groups in total. The van der Waals surface area contributed by atoms with E-state index < -0.39 is 4.92 Å². The molecule has 0 atom stereocenters. The monoisotopic (exact) mass is 275 g/mol. The average molecular weight is 275 g/mol. The average Bonchev–Trinajstić information content (AvgIpc) is 2.45. The van der Waals surface area contributed by atoms with Crippen molar-refractivity contribution in [3.63, 3.8) is 0 Å². The Morgan fingerprint density at radius 2 is 2.05 bits per heavy atom. The zero-order valence-corrected chi connectivity index (χ0v) is 12.4. The van der Waals surface area contributed by atoms with Gasteiger partial charge in [-0.2, -0.15) is 0 Å².